The van der Waals surface area contributed by atoms with Crippen molar-refractivity contribution in [3.8, 4) is 22.4 Å². The number of unbranched alkanes of at least 4 members (excludes halogenated alkanes) is 3. The van der Waals surface area contributed by atoms with Crippen LogP contribution in [-0.2, 0) is 17.5 Å². The number of hydrogen-bond donors (Lipinski definition) is 3. The molecule has 0 saturated carbocycles. The van der Waals surface area contributed by atoms with Gasteiger partial charge in [0, 0.05) is 30.1 Å². The fraction of sp³-hybridized carbons (Fsp3) is 0.385. The highest BCUT2D eigenvalue weighted by Gasteiger charge is 2.13. The molecule has 0 saturated heterocycles. The Morgan fingerprint density at radius 1 is 0.939 bits per heavy atom. The molecule has 0 radical (unpaired) electrons. The summed E-state index contributed by atoms with van der Waals surface area (Å²) in [5.41, 5.74) is 6.27. The number of nitrogens with one attached hydrogen (secondary N) is 1. The lowest BCUT2D eigenvalue weighted by molar-refractivity contribution is 0.371. The van der Waals surface area contributed by atoms with Gasteiger partial charge in [0.1, 0.15) is 0 Å². The molecule has 7 heteroatoms. The number of benzene rings is 1. The Morgan fingerprint density at radius 2 is 1.76 bits per heavy atom. The second kappa shape index (κ2) is 12.8. The maximum absolute atomic E-state index is 11.0. The van der Waals surface area contributed by atoms with Crippen molar-refractivity contribution >= 4 is 7.60 Å². The van der Waals surface area contributed by atoms with E-state index >= 15 is 0 Å². The molecule has 0 aliphatic heterocycles. The van der Waals surface area contributed by atoms with Gasteiger partial charge in [-0.15, -0.1) is 0 Å². The smallest absolute Gasteiger partial charge is 0.324 e. The van der Waals surface area contributed by atoms with Crippen molar-refractivity contribution in [2.24, 2.45) is 0 Å². The quantitative estimate of drug-likeness (QED) is 0.224. The van der Waals surface area contributed by atoms with E-state index in [9.17, 15) is 4.57 Å². The van der Waals surface area contributed by atoms with Crippen molar-refractivity contribution < 1.29 is 14.4 Å². The van der Waals surface area contributed by atoms with E-state index in [-0.39, 0.29) is 6.16 Å². The van der Waals surface area contributed by atoms with Gasteiger partial charge in [-0.1, -0.05) is 56.5 Å². The van der Waals surface area contributed by atoms with Crippen molar-refractivity contribution in [3.05, 3.63) is 72.2 Å². The van der Waals surface area contributed by atoms with Gasteiger partial charge in [-0.2, -0.15) is 0 Å². The average molecular weight is 468 g/mol. The van der Waals surface area contributed by atoms with Crippen molar-refractivity contribution in [2.75, 3.05) is 12.7 Å². The third kappa shape index (κ3) is 8.49. The number of rotatable bonds is 13. The molecule has 0 atom stereocenters. The molecule has 3 aromatic rings. The zero-order chi connectivity index (χ0) is 23.5. The Labute approximate surface area is 196 Å². The first kappa shape index (κ1) is 25.3. The minimum absolute atomic E-state index is 0.109. The molecule has 0 aliphatic rings. The second-order valence-corrected chi connectivity index (χ2v) is 10.1. The minimum atomic E-state index is -3.94. The lowest BCUT2D eigenvalue weighted by Gasteiger charge is -2.13. The molecule has 6 nitrogen and oxygen atoms in total. The van der Waals surface area contributed by atoms with Crippen LogP contribution >= 0.6 is 7.60 Å². The maximum atomic E-state index is 11.0. The normalized spacial score (nSPS) is 11.6. The number of pyridine rings is 2. The first-order chi connectivity index (χ1) is 16.0. The van der Waals surface area contributed by atoms with Crippen LogP contribution in [-0.4, -0.2) is 32.5 Å². The van der Waals surface area contributed by atoms with E-state index < -0.39 is 7.60 Å². The summed E-state index contributed by atoms with van der Waals surface area (Å²) in [7, 11) is -3.94. The van der Waals surface area contributed by atoms with E-state index in [1.165, 1.54) is 31.2 Å². The molecule has 0 amide bonds. The standard InChI is InChI=1S/C26H34N3O3P/c1-2-3-4-5-8-21-10-12-22(13-11-21)25-15-14-24(20-28-17-7-18-33(30,31)32)29-26(25)23-9-6-16-27-19-23/h6,9-16,19,28H,2-5,7-8,17-18,20H2,1H3,(H2,30,31,32). The highest BCUT2D eigenvalue weighted by Crippen LogP contribution is 2.34. The zero-order valence-electron chi connectivity index (χ0n) is 19.3. The van der Waals surface area contributed by atoms with Crippen LogP contribution in [0.15, 0.2) is 60.9 Å². The highest BCUT2D eigenvalue weighted by molar-refractivity contribution is 7.51. The lowest BCUT2D eigenvalue weighted by Crippen LogP contribution is -2.16. The summed E-state index contributed by atoms with van der Waals surface area (Å²) in [6, 6.07) is 16.8. The summed E-state index contributed by atoms with van der Waals surface area (Å²) in [4.78, 5) is 27.1. The third-order valence-corrected chi connectivity index (χ3v) is 6.48. The molecule has 3 rings (SSSR count). The minimum Gasteiger partial charge on any atom is -0.324 e. The molecule has 0 bridgehead atoms. The number of aromatic nitrogens is 2. The summed E-state index contributed by atoms with van der Waals surface area (Å²) < 4.78 is 11.0. The Bertz CT molecular complexity index is 1040. The van der Waals surface area contributed by atoms with E-state index in [2.05, 4.69) is 47.6 Å². The fourth-order valence-corrected chi connectivity index (χ4v) is 4.36. The SMILES string of the molecule is CCCCCCc1ccc(-c2ccc(CNCCCP(=O)(O)O)nc2-c2cccnc2)cc1. The van der Waals surface area contributed by atoms with E-state index in [1.807, 2.05) is 24.4 Å². The van der Waals surface area contributed by atoms with Gasteiger partial charge in [-0.3, -0.25) is 14.5 Å². The predicted octanol–water partition coefficient (Wildman–Crippen LogP) is 5.59. The summed E-state index contributed by atoms with van der Waals surface area (Å²) in [5.74, 6) is 0. The number of nitrogens with zero attached hydrogens (tertiary/aromatic N) is 2. The fourth-order valence-electron chi connectivity index (χ4n) is 3.79. The molecule has 176 valence electrons. The summed E-state index contributed by atoms with van der Waals surface area (Å²) >= 11 is 0. The molecule has 3 N–H and O–H groups in total. The van der Waals surface area contributed by atoms with Gasteiger partial charge in [0.25, 0.3) is 0 Å². The van der Waals surface area contributed by atoms with Crippen LogP contribution in [0.3, 0.4) is 0 Å². The average Bonchev–Trinajstić information content (AvgIpc) is 2.82. The van der Waals surface area contributed by atoms with Crippen LogP contribution in [0.25, 0.3) is 22.4 Å². The highest BCUT2D eigenvalue weighted by atomic mass is 31.2. The Kier molecular flexibility index (Phi) is 9.76. The van der Waals surface area contributed by atoms with Gasteiger partial charge in [0.05, 0.1) is 17.5 Å². The monoisotopic (exact) mass is 467 g/mol. The van der Waals surface area contributed by atoms with Crippen molar-refractivity contribution in [1.29, 1.82) is 0 Å². The van der Waals surface area contributed by atoms with Crippen molar-refractivity contribution in [3.63, 3.8) is 0 Å². The Balaban J connectivity index is 1.74. The summed E-state index contributed by atoms with van der Waals surface area (Å²) in [6.07, 6.45) is 10.1. The van der Waals surface area contributed by atoms with Gasteiger partial charge in [-0.25, -0.2) is 0 Å². The van der Waals surface area contributed by atoms with Gasteiger partial charge >= 0.3 is 7.60 Å². The van der Waals surface area contributed by atoms with Crippen LogP contribution in [0.2, 0.25) is 0 Å². The van der Waals surface area contributed by atoms with Crippen LogP contribution < -0.4 is 5.32 Å². The Morgan fingerprint density at radius 3 is 2.45 bits per heavy atom. The van der Waals surface area contributed by atoms with Gasteiger partial charge in [0.2, 0.25) is 0 Å². The lowest BCUT2D eigenvalue weighted by atomic mass is 9.97. The van der Waals surface area contributed by atoms with Crippen molar-refractivity contribution in [2.45, 2.75) is 52.0 Å². The van der Waals surface area contributed by atoms with E-state index in [0.29, 0.717) is 19.5 Å². The van der Waals surface area contributed by atoms with Crippen LogP contribution in [0, 0.1) is 0 Å². The topological polar surface area (TPSA) is 95.3 Å². The largest absolute Gasteiger partial charge is 0.325 e. The summed E-state index contributed by atoms with van der Waals surface area (Å²) in [5, 5.41) is 3.23. The number of hydrogen-bond acceptors (Lipinski definition) is 4. The van der Waals surface area contributed by atoms with Gasteiger partial charge in [0.15, 0.2) is 0 Å². The zero-order valence-corrected chi connectivity index (χ0v) is 20.2. The van der Waals surface area contributed by atoms with Crippen molar-refractivity contribution in [1.82, 2.24) is 15.3 Å². The number of aryl methyl sites for hydroxylation is 1. The van der Waals surface area contributed by atoms with Crippen LogP contribution in [0.1, 0.15) is 50.3 Å². The molecule has 0 fully saturated rings. The van der Waals surface area contributed by atoms with E-state index in [4.69, 9.17) is 14.8 Å². The van der Waals surface area contributed by atoms with E-state index in [1.54, 1.807) is 6.20 Å². The molecule has 2 aromatic heterocycles. The second-order valence-electron chi connectivity index (χ2n) is 8.37. The first-order valence-electron chi connectivity index (χ1n) is 11.7. The first-order valence-corrected chi connectivity index (χ1v) is 13.5. The van der Waals surface area contributed by atoms with E-state index in [0.717, 1.165) is 34.5 Å². The molecule has 0 unspecified atom stereocenters. The molecule has 2 heterocycles. The van der Waals surface area contributed by atoms with Gasteiger partial charge < -0.3 is 15.1 Å². The molecular formula is C26H34N3O3P. The van der Waals surface area contributed by atoms with Crippen LogP contribution in [0.5, 0.6) is 0 Å². The summed E-state index contributed by atoms with van der Waals surface area (Å²) in [6.45, 7) is 3.29. The van der Waals surface area contributed by atoms with Gasteiger partial charge in [-0.05, 0) is 55.1 Å². The Hall–Kier alpha value is -2.37. The molecule has 33 heavy (non-hydrogen) atoms. The molecule has 0 spiro atoms. The molecule has 0 aliphatic carbocycles. The third-order valence-electron chi connectivity index (χ3n) is 5.58. The van der Waals surface area contributed by atoms with Crippen LogP contribution in [0.4, 0.5) is 0 Å². The molecular weight excluding hydrogens is 433 g/mol. The maximum Gasteiger partial charge on any atom is 0.325 e. The molecule has 1 aromatic carbocycles. The predicted molar refractivity (Wildman–Crippen MR) is 134 cm³/mol.